The number of hydrogen-bond donors (Lipinski definition) is 2. The van der Waals surface area contributed by atoms with Crippen LogP contribution in [-0.4, -0.2) is 34.2 Å². The van der Waals surface area contributed by atoms with Crippen LogP contribution in [-0.2, 0) is 0 Å². The van der Waals surface area contributed by atoms with Gasteiger partial charge in [-0.25, -0.2) is 14.8 Å². The second-order valence-corrected chi connectivity index (χ2v) is 4.63. The normalized spacial score (nSPS) is 10.2. The Labute approximate surface area is 126 Å². The first kappa shape index (κ1) is 15.1. The average molecular weight is 308 g/mol. The lowest BCUT2D eigenvalue weighted by Crippen LogP contribution is -2.13. The van der Waals surface area contributed by atoms with Gasteiger partial charge in [0.15, 0.2) is 0 Å². The van der Waals surface area contributed by atoms with Gasteiger partial charge in [-0.2, -0.15) is 0 Å². The first-order valence-corrected chi connectivity index (χ1v) is 6.63. The van der Waals surface area contributed by atoms with E-state index in [2.05, 4.69) is 15.3 Å². The maximum atomic E-state index is 10.8. The number of carbonyl (C=O) groups is 1. The molecule has 0 aliphatic heterocycles. The summed E-state index contributed by atoms with van der Waals surface area (Å²) in [7, 11) is 0. The fraction of sp³-hybridized carbons (Fsp3) is 0.214. The number of aromatic nitrogens is 2. The maximum Gasteiger partial charge on any atom is 0.335 e. The number of halogens is 1. The number of aryl methyl sites for hydroxylation is 1. The molecule has 1 heterocycles. The molecule has 21 heavy (non-hydrogen) atoms. The molecule has 0 saturated carbocycles. The summed E-state index contributed by atoms with van der Waals surface area (Å²) in [6.45, 7) is 2.60. The Morgan fingerprint density at radius 3 is 3.05 bits per heavy atom. The molecule has 0 amide bonds. The SMILES string of the molecule is Cc1ncc(Cl)c(NCCOc2cccc(C(=O)O)c2)n1. The summed E-state index contributed by atoms with van der Waals surface area (Å²) < 4.78 is 5.48. The van der Waals surface area contributed by atoms with Crippen LogP contribution in [0.15, 0.2) is 30.5 Å². The zero-order valence-electron chi connectivity index (χ0n) is 11.3. The van der Waals surface area contributed by atoms with Gasteiger partial charge in [-0.15, -0.1) is 0 Å². The van der Waals surface area contributed by atoms with Gasteiger partial charge >= 0.3 is 5.97 Å². The van der Waals surface area contributed by atoms with Crippen LogP contribution in [0, 0.1) is 6.92 Å². The quantitative estimate of drug-likeness (QED) is 0.798. The first-order valence-electron chi connectivity index (χ1n) is 6.25. The highest BCUT2D eigenvalue weighted by Crippen LogP contribution is 2.17. The summed E-state index contributed by atoms with van der Waals surface area (Å²) in [4.78, 5) is 19.0. The minimum atomic E-state index is -0.984. The second-order valence-electron chi connectivity index (χ2n) is 4.22. The first-order chi connectivity index (χ1) is 10.1. The minimum Gasteiger partial charge on any atom is -0.492 e. The van der Waals surface area contributed by atoms with E-state index in [0.29, 0.717) is 35.6 Å². The molecule has 0 spiro atoms. The fourth-order valence-corrected chi connectivity index (χ4v) is 1.79. The Morgan fingerprint density at radius 1 is 1.48 bits per heavy atom. The minimum absolute atomic E-state index is 0.190. The van der Waals surface area contributed by atoms with Crippen molar-refractivity contribution in [2.24, 2.45) is 0 Å². The van der Waals surface area contributed by atoms with E-state index in [-0.39, 0.29) is 5.56 Å². The van der Waals surface area contributed by atoms with Crippen molar-refractivity contribution < 1.29 is 14.6 Å². The van der Waals surface area contributed by atoms with E-state index in [1.807, 2.05) is 0 Å². The molecule has 1 aromatic carbocycles. The Hall–Kier alpha value is -2.34. The van der Waals surface area contributed by atoms with E-state index in [9.17, 15) is 4.79 Å². The van der Waals surface area contributed by atoms with Gasteiger partial charge in [0.2, 0.25) is 0 Å². The molecular formula is C14H14ClN3O3. The molecular weight excluding hydrogens is 294 g/mol. The Morgan fingerprint density at radius 2 is 2.29 bits per heavy atom. The number of carboxylic acids is 1. The molecule has 0 atom stereocenters. The molecule has 7 heteroatoms. The zero-order chi connectivity index (χ0) is 15.2. The number of nitrogens with one attached hydrogen (secondary N) is 1. The van der Waals surface area contributed by atoms with Gasteiger partial charge < -0.3 is 15.2 Å². The molecule has 0 aliphatic rings. The molecule has 0 bridgehead atoms. The number of ether oxygens (including phenoxy) is 1. The van der Waals surface area contributed by atoms with Crippen LogP contribution >= 0.6 is 11.6 Å². The predicted octanol–water partition coefficient (Wildman–Crippen LogP) is 2.63. The summed E-state index contributed by atoms with van der Waals surface area (Å²) in [5.74, 6) is 0.688. The van der Waals surface area contributed by atoms with E-state index in [1.165, 1.54) is 18.3 Å². The van der Waals surface area contributed by atoms with Crippen molar-refractivity contribution in [3.8, 4) is 5.75 Å². The molecule has 0 radical (unpaired) electrons. The molecule has 0 saturated heterocycles. The molecule has 2 rings (SSSR count). The van der Waals surface area contributed by atoms with E-state index in [4.69, 9.17) is 21.4 Å². The van der Waals surface area contributed by atoms with Gasteiger partial charge in [-0.3, -0.25) is 0 Å². The molecule has 2 N–H and O–H groups in total. The Kier molecular flexibility index (Phi) is 4.94. The largest absolute Gasteiger partial charge is 0.492 e. The number of carboxylic acid groups (broad SMARTS) is 1. The fourth-order valence-electron chi connectivity index (χ4n) is 1.64. The molecule has 1 aromatic heterocycles. The van der Waals surface area contributed by atoms with Crippen molar-refractivity contribution in [2.75, 3.05) is 18.5 Å². The number of benzene rings is 1. The molecule has 0 fully saturated rings. The van der Waals surface area contributed by atoms with E-state index in [0.717, 1.165) is 0 Å². The predicted molar refractivity (Wildman–Crippen MR) is 79.2 cm³/mol. The Bertz CT molecular complexity index is 649. The topological polar surface area (TPSA) is 84.3 Å². The number of nitrogens with zero attached hydrogens (tertiary/aromatic N) is 2. The van der Waals surface area contributed by atoms with Crippen molar-refractivity contribution >= 4 is 23.4 Å². The molecule has 0 unspecified atom stereocenters. The van der Waals surface area contributed by atoms with E-state index >= 15 is 0 Å². The van der Waals surface area contributed by atoms with Gasteiger partial charge in [-0.1, -0.05) is 17.7 Å². The average Bonchev–Trinajstić information content (AvgIpc) is 2.47. The highest BCUT2D eigenvalue weighted by atomic mass is 35.5. The van der Waals surface area contributed by atoms with Crippen LogP contribution < -0.4 is 10.1 Å². The molecule has 110 valence electrons. The van der Waals surface area contributed by atoms with Gasteiger partial charge in [-0.05, 0) is 25.1 Å². The molecule has 6 nitrogen and oxygen atoms in total. The van der Waals surface area contributed by atoms with Crippen LogP contribution in [0.1, 0.15) is 16.2 Å². The van der Waals surface area contributed by atoms with Gasteiger partial charge in [0.25, 0.3) is 0 Å². The lowest BCUT2D eigenvalue weighted by Gasteiger charge is -2.09. The summed E-state index contributed by atoms with van der Waals surface area (Å²) in [6.07, 6.45) is 1.53. The molecule has 2 aromatic rings. The van der Waals surface area contributed by atoms with Crippen molar-refractivity contribution in [3.05, 3.63) is 46.9 Å². The van der Waals surface area contributed by atoms with Crippen LogP contribution in [0.25, 0.3) is 0 Å². The Balaban J connectivity index is 1.86. The zero-order valence-corrected chi connectivity index (χ0v) is 12.1. The second kappa shape index (κ2) is 6.90. The monoisotopic (exact) mass is 307 g/mol. The lowest BCUT2D eigenvalue weighted by molar-refractivity contribution is 0.0696. The third-order valence-corrected chi connectivity index (χ3v) is 2.89. The van der Waals surface area contributed by atoms with E-state index in [1.54, 1.807) is 19.1 Å². The number of rotatable bonds is 6. The van der Waals surface area contributed by atoms with Crippen molar-refractivity contribution in [1.29, 1.82) is 0 Å². The third kappa shape index (κ3) is 4.32. The lowest BCUT2D eigenvalue weighted by atomic mass is 10.2. The van der Waals surface area contributed by atoms with Crippen LogP contribution in [0.5, 0.6) is 5.75 Å². The van der Waals surface area contributed by atoms with Crippen LogP contribution in [0.4, 0.5) is 5.82 Å². The number of aromatic carboxylic acids is 1. The van der Waals surface area contributed by atoms with Crippen molar-refractivity contribution in [1.82, 2.24) is 9.97 Å². The van der Waals surface area contributed by atoms with Crippen molar-refractivity contribution in [2.45, 2.75) is 6.92 Å². The number of anilines is 1. The summed E-state index contributed by atoms with van der Waals surface area (Å²) >= 11 is 5.95. The smallest absolute Gasteiger partial charge is 0.335 e. The summed E-state index contributed by atoms with van der Waals surface area (Å²) in [5, 5.41) is 12.4. The van der Waals surface area contributed by atoms with Crippen LogP contribution in [0.3, 0.4) is 0 Å². The maximum absolute atomic E-state index is 10.8. The highest BCUT2D eigenvalue weighted by molar-refractivity contribution is 6.32. The van der Waals surface area contributed by atoms with Crippen LogP contribution in [0.2, 0.25) is 5.02 Å². The van der Waals surface area contributed by atoms with E-state index < -0.39 is 5.97 Å². The molecule has 0 aliphatic carbocycles. The summed E-state index contributed by atoms with van der Waals surface area (Å²) in [6, 6.07) is 6.33. The highest BCUT2D eigenvalue weighted by Gasteiger charge is 2.05. The van der Waals surface area contributed by atoms with Gasteiger partial charge in [0.1, 0.15) is 29.0 Å². The van der Waals surface area contributed by atoms with Crippen molar-refractivity contribution in [3.63, 3.8) is 0 Å². The number of hydrogen-bond acceptors (Lipinski definition) is 5. The standard InChI is InChI=1S/C14H14ClN3O3/c1-9-17-8-12(15)13(18-9)16-5-6-21-11-4-2-3-10(7-11)14(19)20/h2-4,7-8H,5-6H2,1H3,(H,19,20)(H,16,17,18). The van der Waals surface area contributed by atoms with Gasteiger partial charge in [0, 0.05) is 0 Å². The summed E-state index contributed by atoms with van der Waals surface area (Å²) in [5.41, 5.74) is 0.190. The third-order valence-electron chi connectivity index (χ3n) is 2.61. The van der Waals surface area contributed by atoms with Gasteiger partial charge in [0.05, 0.1) is 18.3 Å².